The van der Waals surface area contributed by atoms with E-state index in [0.29, 0.717) is 19.8 Å². The van der Waals surface area contributed by atoms with E-state index in [9.17, 15) is 4.79 Å². The van der Waals surface area contributed by atoms with Gasteiger partial charge in [0.05, 0.1) is 13.2 Å². The number of hydrogen-bond donors (Lipinski definition) is 1. The van der Waals surface area contributed by atoms with E-state index in [4.69, 9.17) is 19.9 Å². The van der Waals surface area contributed by atoms with Gasteiger partial charge in [-0.1, -0.05) is 18.2 Å². The predicted molar refractivity (Wildman–Crippen MR) is 69.8 cm³/mol. The fourth-order valence-corrected chi connectivity index (χ4v) is 1.87. The molecule has 1 aromatic carbocycles. The maximum atomic E-state index is 12.0. The van der Waals surface area contributed by atoms with E-state index in [0.717, 1.165) is 5.75 Å². The Morgan fingerprint density at radius 1 is 1.42 bits per heavy atom. The molecule has 2 N–H and O–H groups in total. The van der Waals surface area contributed by atoms with E-state index in [-0.39, 0.29) is 18.6 Å². The van der Waals surface area contributed by atoms with Gasteiger partial charge in [-0.3, -0.25) is 4.79 Å². The van der Waals surface area contributed by atoms with Gasteiger partial charge in [0.2, 0.25) is 0 Å². The summed E-state index contributed by atoms with van der Waals surface area (Å²) >= 11 is 0. The van der Waals surface area contributed by atoms with E-state index in [1.807, 2.05) is 30.3 Å². The van der Waals surface area contributed by atoms with Crippen LogP contribution in [0, 0.1) is 5.41 Å². The molecule has 1 saturated heterocycles. The summed E-state index contributed by atoms with van der Waals surface area (Å²) in [5, 5.41) is 0. The van der Waals surface area contributed by atoms with Crippen molar-refractivity contribution in [1.82, 2.24) is 0 Å². The molecular formula is C14H19NO4. The predicted octanol–water partition coefficient (Wildman–Crippen LogP) is 0.972. The third-order valence-electron chi connectivity index (χ3n) is 3.31. The number of carbonyl (C=O) groups is 1. The first-order chi connectivity index (χ1) is 9.13. The Labute approximate surface area is 112 Å². The summed E-state index contributed by atoms with van der Waals surface area (Å²) in [5.74, 6) is 0.430. The molecule has 2 unspecified atom stereocenters. The van der Waals surface area contributed by atoms with E-state index in [1.54, 1.807) is 6.92 Å². The average molecular weight is 265 g/mol. The number of esters is 1. The van der Waals surface area contributed by atoms with E-state index < -0.39 is 5.41 Å². The summed E-state index contributed by atoms with van der Waals surface area (Å²) in [6.45, 7) is 3.00. The fraction of sp³-hybridized carbons (Fsp3) is 0.500. The van der Waals surface area contributed by atoms with E-state index in [1.165, 1.54) is 0 Å². The number of ether oxygens (including phenoxy) is 3. The van der Waals surface area contributed by atoms with Crippen LogP contribution in [0.5, 0.6) is 5.75 Å². The molecule has 0 bridgehead atoms. The lowest BCUT2D eigenvalue weighted by Crippen LogP contribution is -2.45. The molecule has 5 nitrogen and oxygen atoms in total. The minimum absolute atomic E-state index is 0.204. The van der Waals surface area contributed by atoms with Crippen molar-refractivity contribution in [2.45, 2.75) is 13.0 Å². The third kappa shape index (κ3) is 3.24. The molecule has 0 spiro atoms. The summed E-state index contributed by atoms with van der Waals surface area (Å²) in [5.41, 5.74) is 5.11. The lowest BCUT2D eigenvalue weighted by atomic mass is 9.86. The maximum absolute atomic E-state index is 12.0. The molecule has 1 aliphatic rings. The van der Waals surface area contributed by atoms with Gasteiger partial charge >= 0.3 is 5.97 Å². The van der Waals surface area contributed by atoms with Gasteiger partial charge in [0.1, 0.15) is 24.4 Å². The summed E-state index contributed by atoms with van der Waals surface area (Å²) in [7, 11) is 0. The Morgan fingerprint density at radius 2 is 2.16 bits per heavy atom. The summed E-state index contributed by atoms with van der Waals surface area (Å²) in [6.07, 6.45) is 0. The first kappa shape index (κ1) is 13.8. The molecule has 1 fully saturated rings. The van der Waals surface area contributed by atoms with Crippen LogP contribution in [0.25, 0.3) is 0 Å². The molecule has 104 valence electrons. The second kappa shape index (κ2) is 6.04. The van der Waals surface area contributed by atoms with Crippen molar-refractivity contribution in [1.29, 1.82) is 0 Å². The van der Waals surface area contributed by atoms with Crippen LogP contribution in [-0.2, 0) is 14.3 Å². The van der Waals surface area contributed by atoms with Gasteiger partial charge in [-0.2, -0.15) is 0 Å². The van der Waals surface area contributed by atoms with Crippen LogP contribution in [0.15, 0.2) is 30.3 Å². The summed E-state index contributed by atoms with van der Waals surface area (Å²) in [6, 6.07) is 9.08. The number of hydrogen-bond acceptors (Lipinski definition) is 5. The minimum atomic E-state index is -0.743. The van der Waals surface area contributed by atoms with Crippen molar-refractivity contribution in [3.63, 3.8) is 0 Å². The van der Waals surface area contributed by atoms with Gasteiger partial charge in [0, 0.05) is 6.04 Å². The smallest absolute Gasteiger partial charge is 0.315 e. The van der Waals surface area contributed by atoms with Crippen molar-refractivity contribution in [2.75, 3.05) is 26.4 Å². The molecule has 19 heavy (non-hydrogen) atoms. The standard InChI is InChI=1S/C14H19NO4/c1-14(10-17-9-12(14)15)13(16)19-8-7-18-11-5-3-2-4-6-11/h2-6,12H,7-10,15H2,1H3. The first-order valence-corrected chi connectivity index (χ1v) is 6.31. The Hall–Kier alpha value is -1.59. The average Bonchev–Trinajstić information content (AvgIpc) is 2.77. The zero-order valence-electron chi connectivity index (χ0n) is 11.0. The highest BCUT2D eigenvalue weighted by Crippen LogP contribution is 2.28. The van der Waals surface area contributed by atoms with Crippen LogP contribution in [0.4, 0.5) is 0 Å². The van der Waals surface area contributed by atoms with Crippen LogP contribution in [0.3, 0.4) is 0 Å². The molecule has 0 aromatic heterocycles. The van der Waals surface area contributed by atoms with E-state index >= 15 is 0 Å². The molecule has 0 amide bonds. The lowest BCUT2D eigenvalue weighted by Gasteiger charge is -2.24. The lowest BCUT2D eigenvalue weighted by molar-refractivity contribution is -0.156. The summed E-state index contributed by atoms with van der Waals surface area (Å²) in [4.78, 5) is 12.0. The number of rotatable bonds is 5. The van der Waals surface area contributed by atoms with Gasteiger partial charge in [-0.15, -0.1) is 0 Å². The molecule has 1 heterocycles. The molecule has 5 heteroatoms. The van der Waals surface area contributed by atoms with Crippen LogP contribution in [0.1, 0.15) is 6.92 Å². The van der Waals surface area contributed by atoms with Gasteiger partial charge in [0.15, 0.2) is 0 Å². The van der Waals surface area contributed by atoms with Gasteiger partial charge in [-0.05, 0) is 19.1 Å². The molecule has 1 aromatic rings. The quantitative estimate of drug-likeness (QED) is 0.634. The monoisotopic (exact) mass is 265 g/mol. The van der Waals surface area contributed by atoms with Crippen molar-refractivity contribution in [3.05, 3.63) is 30.3 Å². The Balaban J connectivity index is 1.73. The van der Waals surface area contributed by atoms with Crippen molar-refractivity contribution in [2.24, 2.45) is 11.1 Å². The molecule has 0 aliphatic carbocycles. The second-order valence-electron chi connectivity index (χ2n) is 4.84. The number of nitrogens with two attached hydrogens (primary N) is 1. The molecule has 2 rings (SSSR count). The van der Waals surface area contributed by atoms with Gasteiger partial charge in [0.25, 0.3) is 0 Å². The molecule has 0 radical (unpaired) electrons. The Morgan fingerprint density at radius 3 is 2.79 bits per heavy atom. The van der Waals surface area contributed by atoms with Crippen molar-refractivity contribution >= 4 is 5.97 Å². The highest BCUT2D eigenvalue weighted by Gasteiger charge is 2.45. The van der Waals surface area contributed by atoms with Crippen molar-refractivity contribution in [3.8, 4) is 5.75 Å². The highest BCUT2D eigenvalue weighted by molar-refractivity contribution is 5.78. The number of benzene rings is 1. The van der Waals surface area contributed by atoms with Crippen LogP contribution < -0.4 is 10.5 Å². The number of carbonyl (C=O) groups excluding carboxylic acids is 1. The largest absolute Gasteiger partial charge is 0.490 e. The zero-order valence-corrected chi connectivity index (χ0v) is 11.0. The fourth-order valence-electron chi connectivity index (χ4n) is 1.87. The van der Waals surface area contributed by atoms with Crippen molar-refractivity contribution < 1.29 is 19.0 Å². The SMILES string of the molecule is CC1(C(=O)OCCOc2ccccc2)COCC1N. The van der Waals surface area contributed by atoms with Crippen LogP contribution >= 0.6 is 0 Å². The van der Waals surface area contributed by atoms with Gasteiger partial charge in [-0.25, -0.2) is 0 Å². The van der Waals surface area contributed by atoms with Crippen LogP contribution in [0.2, 0.25) is 0 Å². The molecule has 1 aliphatic heterocycles. The minimum Gasteiger partial charge on any atom is -0.490 e. The molecule has 2 atom stereocenters. The highest BCUT2D eigenvalue weighted by atomic mass is 16.6. The topological polar surface area (TPSA) is 70.8 Å². The first-order valence-electron chi connectivity index (χ1n) is 6.31. The Kier molecular flexibility index (Phi) is 4.39. The van der Waals surface area contributed by atoms with Gasteiger partial charge < -0.3 is 19.9 Å². The third-order valence-corrected chi connectivity index (χ3v) is 3.31. The number of para-hydroxylation sites is 1. The van der Waals surface area contributed by atoms with E-state index in [2.05, 4.69) is 0 Å². The maximum Gasteiger partial charge on any atom is 0.315 e. The normalized spacial score (nSPS) is 26.1. The summed E-state index contributed by atoms with van der Waals surface area (Å²) < 4.78 is 15.8. The zero-order chi connectivity index (χ0) is 13.7. The molecular weight excluding hydrogens is 246 g/mol. The second-order valence-corrected chi connectivity index (χ2v) is 4.84. The Bertz CT molecular complexity index is 423. The van der Waals surface area contributed by atoms with Crippen LogP contribution in [-0.4, -0.2) is 38.4 Å². The molecule has 0 saturated carbocycles.